The molecule has 0 saturated heterocycles. The number of nitriles is 6. The molecule has 1 saturated carbocycles. The Bertz CT molecular complexity index is 7000. The van der Waals surface area contributed by atoms with Crippen molar-refractivity contribution in [2.24, 2.45) is 5.41 Å². The Hall–Kier alpha value is -15.9. The normalized spacial score (nSPS) is 11.4. The fourth-order valence-corrected chi connectivity index (χ4v) is 17.7. The average molecular weight is 1710 g/mol. The predicted molar refractivity (Wildman–Crippen MR) is 526 cm³/mol. The van der Waals surface area contributed by atoms with Gasteiger partial charge in [-0.15, -0.1) is 0 Å². The Labute approximate surface area is 756 Å². The van der Waals surface area contributed by atoms with Crippen molar-refractivity contribution in [3.05, 3.63) is 344 Å². The Morgan fingerprint density at radius 1 is 0.326 bits per heavy atom. The number of anilines is 5. The molecule has 0 amide bonds. The van der Waals surface area contributed by atoms with Crippen molar-refractivity contribution < 1.29 is 8.42 Å². The topological polar surface area (TPSA) is 301 Å². The molecule has 1 aliphatic carbocycles. The van der Waals surface area contributed by atoms with Gasteiger partial charge in [-0.1, -0.05) is 191 Å². The number of nitrogens with zero attached hydrogens (tertiary/aromatic N) is 11. The van der Waals surface area contributed by atoms with Crippen LogP contribution in [0.3, 0.4) is 0 Å². The number of fused-ring (bicyclic) bond motifs is 4. The molecule has 1 aliphatic rings. The monoisotopic (exact) mass is 1710 g/mol. The SMILES string of the molecule is CC(C)(C)Nc1ccncc1-c1ccc(C#N)c2ccccc12.CCC1(CS(=O)(=O)c2ccccc2-c2ccc(C#N)cc2)CC1.CCCCNc1ccncc1-c1ccc(C#N)c2ccccc12.CCCNc1ccncc1-c1ccc(C#N)c2ccccc12.CCNc1ccncc1-c1ccc(C#N)c2ccccc12.CCNc1ccncc1-c1ccc(C#N)cc1. The number of rotatable bonds is 22. The van der Waals surface area contributed by atoms with Gasteiger partial charge in [0.1, 0.15) is 0 Å². The molecule has 17 rings (SSSR count). The lowest BCUT2D eigenvalue weighted by molar-refractivity contribution is 0.526. The fraction of sp³-hybridized carbons (Fsp3) is 0.191. The van der Waals surface area contributed by atoms with Gasteiger partial charge in [-0.05, 0) is 212 Å². The van der Waals surface area contributed by atoms with E-state index in [1.165, 1.54) is 0 Å². The van der Waals surface area contributed by atoms with Crippen LogP contribution < -0.4 is 26.6 Å². The van der Waals surface area contributed by atoms with Crippen molar-refractivity contribution >= 4 is 81.4 Å². The van der Waals surface area contributed by atoms with Gasteiger partial charge < -0.3 is 26.6 Å². The van der Waals surface area contributed by atoms with E-state index in [-0.39, 0.29) is 16.7 Å². The third-order valence-corrected chi connectivity index (χ3v) is 24.2. The standard InChI is InChI=1S/2C20H19N3.C19H17N3.C19H19NO2S.C18H15N3.C14H13N3/c1-20(2,3)23-19-10-11-22-13-18(19)17-9-8-14(12-21)15-6-4-5-7-16(15)17;1-2-3-11-23-20-10-12-22-14-19(20)18-9-8-15(13-21)16-6-4-5-7-17(16)18;1-2-10-22-19-9-11-21-13-18(19)17-8-7-14(12-20)15-5-3-4-6-16(15)17;1-2-19(11-12-19)14-23(21,22)18-6-4-3-5-17(18)16-9-7-15(13-20)8-10-16;1-2-21-18-9-10-20-12-17(18)16-8-7-13(11-19)14-5-3-4-6-15(14)16;1-2-17-14-7-8-16-10-13(14)12-5-3-11(9-15)4-6-12/h4-11,13H,1-3H3,(H,22,23);4-10,12,14H,2-3,11H2,1H3,(H,22,23);3-9,11,13H,2,10H2,1H3,(H,21,22);3-10H,2,11-12,14H2,1H3;3-10,12H,2H2,1H3,(H,20,21);3-8,10H,2H2,1H3,(H,16,17). The van der Waals surface area contributed by atoms with Gasteiger partial charge >= 0.3 is 0 Å². The summed E-state index contributed by atoms with van der Waals surface area (Å²) in [5, 5.41) is 80.2. The van der Waals surface area contributed by atoms with Crippen LogP contribution in [0.25, 0.3) is 110 Å². The van der Waals surface area contributed by atoms with Gasteiger partial charge in [0.05, 0.1) is 80.4 Å². The molecule has 0 atom stereocenters. The lowest BCUT2D eigenvalue weighted by Crippen LogP contribution is -2.26. The van der Waals surface area contributed by atoms with E-state index in [9.17, 15) is 29.5 Å². The molecule has 5 N–H and O–H groups in total. The first-order valence-corrected chi connectivity index (χ1v) is 45.0. The number of hydrogen-bond acceptors (Lipinski definition) is 18. The maximum Gasteiger partial charge on any atom is 0.179 e. The predicted octanol–water partition coefficient (Wildman–Crippen LogP) is 26.0. The van der Waals surface area contributed by atoms with Gasteiger partial charge in [-0.2, -0.15) is 31.6 Å². The second kappa shape index (κ2) is 44.6. The lowest BCUT2D eigenvalue weighted by Gasteiger charge is -2.24. The number of benzene rings is 11. The van der Waals surface area contributed by atoms with Crippen molar-refractivity contribution in [1.29, 1.82) is 31.6 Å². The Kier molecular flexibility index (Phi) is 31.9. The zero-order valence-electron chi connectivity index (χ0n) is 73.9. The average Bonchev–Trinajstić information content (AvgIpc) is 1.61. The summed E-state index contributed by atoms with van der Waals surface area (Å²) in [6, 6.07) is 92.5. The molecule has 0 aliphatic heterocycles. The molecule has 16 aromatic rings. The van der Waals surface area contributed by atoms with Crippen LogP contribution in [0.15, 0.2) is 316 Å². The first-order valence-electron chi connectivity index (χ1n) is 43.3. The number of pyridine rings is 5. The Balaban J connectivity index is 0.000000141. The van der Waals surface area contributed by atoms with Crippen LogP contribution in [0.4, 0.5) is 28.4 Å². The first-order chi connectivity index (χ1) is 62.9. The van der Waals surface area contributed by atoms with Crippen molar-refractivity contribution in [2.45, 2.75) is 104 Å². The zero-order valence-corrected chi connectivity index (χ0v) is 74.7. The quantitative estimate of drug-likeness (QED) is 0.0394. The number of aromatic nitrogens is 5. The molecular formula is C110H102N16O2S. The number of nitrogens with one attached hydrogen (secondary N) is 5. The van der Waals surface area contributed by atoms with Crippen molar-refractivity contribution in [2.75, 3.05) is 58.5 Å². The Morgan fingerprint density at radius 3 is 0.977 bits per heavy atom. The van der Waals surface area contributed by atoms with Crippen LogP contribution >= 0.6 is 0 Å². The summed E-state index contributed by atoms with van der Waals surface area (Å²) in [5.41, 5.74) is 21.6. The molecule has 640 valence electrons. The van der Waals surface area contributed by atoms with Gasteiger partial charge in [0.2, 0.25) is 0 Å². The molecule has 19 heteroatoms. The van der Waals surface area contributed by atoms with Gasteiger partial charge in [0, 0.05) is 177 Å². The van der Waals surface area contributed by atoms with Crippen molar-refractivity contribution in [3.63, 3.8) is 0 Å². The van der Waals surface area contributed by atoms with Crippen LogP contribution in [0, 0.1) is 73.4 Å². The van der Waals surface area contributed by atoms with E-state index in [1.807, 2.05) is 231 Å². The molecule has 18 nitrogen and oxygen atoms in total. The van der Waals surface area contributed by atoms with E-state index < -0.39 is 9.84 Å². The summed E-state index contributed by atoms with van der Waals surface area (Å²) in [4.78, 5) is 21.6. The van der Waals surface area contributed by atoms with E-state index in [4.69, 9.17) is 10.5 Å². The summed E-state index contributed by atoms with van der Waals surface area (Å²) in [7, 11) is -3.33. The molecule has 11 aromatic carbocycles. The third kappa shape index (κ3) is 23.2. The highest BCUT2D eigenvalue weighted by Crippen LogP contribution is 2.51. The van der Waals surface area contributed by atoms with Gasteiger partial charge in [-0.3, -0.25) is 24.9 Å². The van der Waals surface area contributed by atoms with Gasteiger partial charge in [-0.25, -0.2) is 8.42 Å². The van der Waals surface area contributed by atoms with Gasteiger partial charge in [0.15, 0.2) is 9.84 Å². The summed E-state index contributed by atoms with van der Waals surface area (Å²) in [6.45, 7) is 20.5. The maximum atomic E-state index is 12.9. The molecule has 5 heterocycles. The van der Waals surface area contributed by atoms with Crippen LogP contribution in [-0.4, -0.2) is 70.8 Å². The fourth-order valence-electron chi connectivity index (χ4n) is 15.4. The van der Waals surface area contributed by atoms with E-state index in [1.54, 1.807) is 61.2 Å². The summed E-state index contributed by atoms with van der Waals surface area (Å²) in [6.07, 6.45) is 24.6. The molecule has 0 radical (unpaired) electrons. The van der Waals surface area contributed by atoms with Crippen molar-refractivity contribution in [1.82, 2.24) is 24.9 Å². The molecule has 1 fully saturated rings. The molecule has 0 bridgehead atoms. The van der Waals surface area contributed by atoms with Crippen LogP contribution in [0.2, 0.25) is 0 Å². The smallest absolute Gasteiger partial charge is 0.179 e. The molecule has 0 spiro atoms. The van der Waals surface area contributed by atoms with Crippen LogP contribution in [-0.2, 0) is 9.84 Å². The second-order valence-electron chi connectivity index (χ2n) is 32.0. The largest absolute Gasteiger partial charge is 0.385 e. The van der Waals surface area contributed by atoms with Crippen LogP contribution in [0.5, 0.6) is 0 Å². The molecular weight excluding hydrogens is 1610 g/mol. The van der Waals surface area contributed by atoms with Crippen LogP contribution in [0.1, 0.15) is 127 Å². The minimum Gasteiger partial charge on any atom is -0.385 e. The highest BCUT2D eigenvalue weighted by Gasteiger charge is 2.45. The van der Waals surface area contributed by atoms with Gasteiger partial charge in [0.25, 0.3) is 0 Å². The first kappa shape index (κ1) is 92.3. The zero-order chi connectivity index (χ0) is 91.1. The molecule has 5 aromatic heterocycles. The maximum absolute atomic E-state index is 12.9. The highest BCUT2D eigenvalue weighted by molar-refractivity contribution is 7.91. The second-order valence-corrected chi connectivity index (χ2v) is 34.0. The minimum atomic E-state index is -3.33. The highest BCUT2D eigenvalue weighted by atomic mass is 32.2. The third-order valence-electron chi connectivity index (χ3n) is 22.2. The van der Waals surface area contributed by atoms with E-state index in [0.717, 1.165) is 197 Å². The summed E-state index contributed by atoms with van der Waals surface area (Å²) < 4.78 is 25.8. The van der Waals surface area contributed by atoms with E-state index in [2.05, 4.69) is 162 Å². The lowest BCUT2D eigenvalue weighted by atomic mass is 9.95. The van der Waals surface area contributed by atoms with Crippen molar-refractivity contribution in [3.8, 4) is 103 Å². The minimum absolute atomic E-state index is 0.0173. The number of sulfone groups is 1. The number of unbranched alkanes of at least 4 members (excludes halogenated alkanes) is 1. The number of hydrogen-bond donors (Lipinski definition) is 5. The molecule has 0 unspecified atom stereocenters. The Morgan fingerprint density at radius 2 is 0.643 bits per heavy atom. The summed E-state index contributed by atoms with van der Waals surface area (Å²) >= 11 is 0. The van der Waals surface area contributed by atoms with E-state index >= 15 is 0 Å². The van der Waals surface area contributed by atoms with E-state index in [0.29, 0.717) is 43.8 Å². The summed E-state index contributed by atoms with van der Waals surface area (Å²) in [5.74, 6) is 0.226. The molecule has 129 heavy (non-hydrogen) atoms.